The van der Waals surface area contributed by atoms with E-state index in [4.69, 9.17) is 4.74 Å². The van der Waals surface area contributed by atoms with Crippen LogP contribution in [-0.2, 0) is 19.1 Å². The van der Waals surface area contributed by atoms with E-state index < -0.39 is 5.41 Å². The Hall–Kier alpha value is -1.45. The summed E-state index contributed by atoms with van der Waals surface area (Å²) in [6, 6.07) is 0. The van der Waals surface area contributed by atoms with Gasteiger partial charge in [0.2, 0.25) is 0 Å². The fraction of sp³-hybridized carbons (Fsp3) is 0.833. The van der Waals surface area contributed by atoms with E-state index in [0.29, 0.717) is 23.5 Å². The van der Waals surface area contributed by atoms with Gasteiger partial charge in [0.15, 0.2) is 0 Å². The van der Waals surface area contributed by atoms with Crippen LogP contribution < -0.4 is 0 Å². The quantitative estimate of drug-likeness (QED) is 0.331. The lowest BCUT2D eigenvalue weighted by atomic mass is 9.47. The first-order valence-corrected chi connectivity index (χ1v) is 13.7. The van der Waals surface area contributed by atoms with Crippen molar-refractivity contribution in [2.75, 3.05) is 0 Å². The molecule has 0 bridgehead atoms. The van der Waals surface area contributed by atoms with Gasteiger partial charge in [0, 0.05) is 23.7 Å². The predicted octanol–water partition coefficient (Wildman–Crippen LogP) is 6.71. The van der Waals surface area contributed by atoms with Crippen molar-refractivity contribution in [1.29, 1.82) is 0 Å². The molecule has 4 nitrogen and oxygen atoms in total. The van der Waals surface area contributed by atoms with Gasteiger partial charge in [-0.15, -0.1) is 0 Å². The van der Waals surface area contributed by atoms with Gasteiger partial charge in [0.1, 0.15) is 17.7 Å². The van der Waals surface area contributed by atoms with Crippen molar-refractivity contribution < 1.29 is 19.1 Å². The fourth-order valence-corrected chi connectivity index (χ4v) is 8.71. The van der Waals surface area contributed by atoms with Crippen molar-refractivity contribution in [2.45, 2.75) is 112 Å². The zero-order chi connectivity index (χ0) is 25.1. The summed E-state index contributed by atoms with van der Waals surface area (Å²) in [5.41, 5.74) is 1.43. The minimum Gasteiger partial charge on any atom is -0.462 e. The van der Waals surface area contributed by atoms with Gasteiger partial charge >= 0.3 is 5.97 Å². The van der Waals surface area contributed by atoms with E-state index >= 15 is 0 Å². The maximum absolute atomic E-state index is 12.6. The van der Waals surface area contributed by atoms with E-state index in [-0.39, 0.29) is 46.9 Å². The molecule has 8 unspecified atom stereocenters. The highest BCUT2D eigenvalue weighted by molar-refractivity contribution is 5.88. The molecule has 34 heavy (non-hydrogen) atoms. The molecule has 0 spiro atoms. The average Bonchev–Trinajstić information content (AvgIpc) is 3.10. The molecule has 4 aliphatic rings. The summed E-state index contributed by atoms with van der Waals surface area (Å²) < 4.78 is 5.91. The number of allylic oxidation sites excluding steroid dienone is 1. The lowest BCUT2D eigenvalue weighted by Crippen LogP contribution is -2.51. The highest BCUT2D eigenvalue weighted by atomic mass is 16.5. The third kappa shape index (κ3) is 4.32. The Bertz CT molecular complexity index is 879. The number of Topliss-reactive ketones (excluding diaryl/α,β-unsaturated/α-hetero) is 2. The van der Waals surface area contributed by atoms with Gasteiger partial charge in [-0.2, -0.15) is 0 Å². The van der Waals surface area contributed by atoms with E-state index in [2.05, 4.69) is 19.9 Å². The van der Waals surface area contributed by atoms with Gasteiger partial charge in [-0.25, -0.2) is 0 Å². The lowest BCUT2D eigenvalue weighted by Gasteiger charge is -2.58. The second-order valence-corrected chi connectivity index (χ2v) is 13.6. The second kappa shape index (κ2) is 8.89. The summed E-state index contributed by atoms with van der Waals surface area (Å²) in [6.45, 7) is 14.2. The number of hydrogen-bond acceptors (Lipinski definition) is 4. The van der Waals surface area contributed by atoms with Crippen LogP contribution in [0.1, 0.15) is 106 Å². The molecule has 0 aromatic rings. The lowest BCUT2D eigenvalue weighted by molar-refractivity contribution is -0.154. The molecule has 0 heterocycles. The molecule has 0 radical (unpaired) electrons. The van der Waals surface area contributed by atoms with Crippen LogP contribution in [0.3, 0.4) is 0 Å². The molecule has 190 valence electrons. The van der Waals surface area contributed by atoms with Crippen LogP contribution in [0.15, 0.2) is 11.6 Å². The summed E-state index contributed by atoms with van der Waals surface area (Å²) in [5, 5.41) is 0. The summed E-state index contributed by atoms with van der Waals surface area (Å²) >= 11 is 0. The van der Waals surface area contributed by atoms with E-state index in [9.17, 15) is 14.4 Å². The zero-order valence-electron chi connectivity index (χ0n) is 22.5. The second-order valence-electron chi connectivity index (χ2n) is 13.6. The van der Waals surface area contributed by atoms with Crippen molar-refractivity contribution in [2.24, 2.45) is 45.8 Å². The maximum Gasteiger partial charge on any atom is 0.306 e. The molecule has 0 aromatic carbocycles. The van der Waals surface area contributed by atoms with Gasteiger partial charge in [-0.3, -0.25) is 14.4 Å². The van der Waals surface area contributed by atoms with Crippen LogP contribution in [-0.4, -0.2) is 23.6 Å². The Morgan fingerprint density at radius 1 is 1.06 bits per heavy atom. The molecule has 0 saturated heterocycles. The molecule has 3 saturated carbocycles. The van der Waals surface area contributed by atoms with Gasteiger partial charge in [-0.05, 0) is 80.5 Å². The van der Waals surface area contributed by atoms with Gasteiger partial charge < -0.3 is 4.74 Å². The summed E-state index contributed by atoms with van der Waals surface area (Å²) in [6.07, 6.45) is 11.2. The average molecular weight is 471 g/mol. The number of carbonyl (C=O) groups is 3. The largest absolute Gasteiger partial charge is 0.462 e. The monoisotopic (exact) mass is 470 g/mol. The van der Waals surface area contributed by atoms with Crippen LogP contribution >= 0.6 is 0 Å². The third-order valence-corrected chi connectivity index (χ3v) is 10.5. The van der Waals surface area contributed by atoms with Crippen molar-refractivity contribution in [3.05, 3.63) is 11.6 Å². The van der Waals surface area contributed by atoms with Crippen molar-refractivity contribution in [1.82, 2.24) is 0 Å². The fourth-order valence-electron chi connectivity index (χ4n) is 8.71. The van der Waals surface area contributed by atoms with Crippen LogP contribution in [0.4, 0.5) is 0 Å². The molecule has 0 aliphatic heterocycles. The number of ether oxygens (including phenoxy) is 1. The van der Waals surface area contributed by atoms with Gasteiger partial charge in [-0.1, -0.05) is 53.2 Å². The smallest absolute Gasteiger partial charge is 0.306 e. The van der Waals surface area contributed by atoms with E-state index in [1.165, 1.54) is 24.8 Å². The highest BCUT2D eigenvalue weighted by Crippen LogP contribution is 2.66. The minimum atomic E-state index is -0.435. The van der Waals surface area contributed by atoms with Crippen LogP contribution in [0.5, 0.6) is 0 Å². The molecule has 0 N–H and O–H groups in total. The Labute approximate surface area is 206 Å². The number of hydrogen-bond donors (Lipinski definition) is 0. The number of esters is 1. The zero-order valence-corrected chi connectivity index (χ0v) is 22.5. The van der Waals surface area contributed by atoms with E-state index in [1.54, 1.807) is 6.92 Å². The number of fused-ring (bicyclic) bond motifs is 5. The van der Waals surface area contributed by atoms with Crippen LogP contribution in [0.2, 0.25) is 0 Å². The van der Waals surface area contributed by atoms with E-state index in [1.807, 2.05) is 27.7 Å². The Morgan fingerprint density at radius 2 is 1.76 bits per heavy atom. The van der Waals surface area contributed by atoms with Gasteiger partial charge in [0.25, 0.3) is 0 Å². The molecular weight excluding hydrogens is 424 g/mol. The first-order valence-electron chi connectivity index (χ1n) is 13.7. The standard InChI is InChI=1S/C30H46O4/c1-18(27(33)28(3,4)5)16-26(32)34-21-12-14-29(6)20(17-21)8-9-22-24-11-10-23(19(2)31)30(24,7)15-13-25(22)29/h8,18,21-25H,9-17H2,1-7H3. The first kappa shape index (κ1) is 25.6. The molecule has 0 amide bonds. The molecule has 4 heteroatoms. The third-order valence-electron chi connectivity index (χ3n) is 10.5. The number of carbonyl (C=O) groups excluding carboxylic acids is 3. The van der Waals surface area contributed by atoms with Crippen LogP contribution in [0.25, 0.3) is 0 Å². The van der Waals surface area contributed by atoms with Crippen molar-refractivity contribution in [3.8, 4) is 0 Å². The number of rotatable bonds is 5. The van der Waals surface area contributed by atoms with E-state index in [0.717, 1.165) is 32.1 Å². The molecule has 4 aliphatic carbocycles. The SMILES string of the molecule is CC(=O)C1CCC2C3CC=C4CC(OC(=O)CC(C)C(=O)C(C)(C)C)CCC4(C)C3CCC12C. The summed E-state index contributed by atoms with van der Waals surface area (Å²) in [4.78, 5) is 37.5. The normalized spacial score (nSPS) is 40.3. The molecule has 0 aromatic heterocycles. The minimum absolute atomic E-state index is 0.0669. The first-order chi connectivity index (χ1) is 15.8. The number of ketones is 2. The Morgan fingerprint density at radius 3 is 2.41 bits per heavy atom. The van der Waals surface area contributed by atoms with Gasteiger partial charge in [0.05, 0.1) is 6.42 Å². The Balaban J connectivity index is 1.41. The Kier molecular flexibility index (Phi) is 6.70. The van der Waals surface area contributed by atoms with Crippen molar-refractivity contribution >= 4 is 17.5 Å². The molecule has 3 fully saturated rings. The van der Waals surface area contributed by atoms with Crippen molar-refractivity contribution in [3.63, 3.8) is 0 Å². The highest BCUT2D eigenvalue weighted by Gasteiger charge is 2.59. The molecule has 4 rings (SSSR count). The maximum atomic E-state index is 12.6. The summed E-state index contributed by atoms with van der Waals surface area (Å²) in [7, 11) is 0. The predicted molar refractivity (Wildman–Crippen MR) is 134 cm³/mol. The van der Waals surface area contributed by atoms with Crippen LogP contribution in [0, 0.1) is 45.8 Å². The molecular formula is C30H46O4. The summed E-state index contributed by atoms with van der Waals surface area (Å²) in [5.74, 6) is 2.23. The molecule has 8 atom stereocenters. The topological polar surface area (TPSA) is 60.4 Å².